The Balaban J connectivity index is 1.74. The van der Waals surface area contributed by atoms with Gasteiger partial charge in [0.1, 0.15) is 18.2 Å². The van der Waals surface area contributed by atoms with Gasteiger partial charge in [-0.3, -0.25) is 4.79 Å². The van der Waals surface area contributed by atoms with Crippen LogP contribution in [0.1, 0.15) is 29.2 Å². The lowest BCUT2D eigenvalue weighted by Crippen LogP contribution is -2.25. The second-order valence-corrected chi connectivity index (χ2v) is 6.73. The van der Waals surface area contributed by atoms with Crippen molar-refractivity contribution in [2.75, 3.05) is 11.9 Å². The van der Waals surface area contributed by atoms with Crippen LogP contribution in [-0.4, -0.2) is 32.5 Å². The van der Waals surface area contributed by atoms with Crippen molar-refractivity contribution >= 4 is 23.3 Å². The van der Waals surface area contributed by atoms with Gasteiger partial charge in [-0.2, -0.15) is 9.78 Å². The van der Waals surface area contributed by atoms with Crippen molar-refractivity contribution in [2.45, 2.75) is 19.3 Å². The highest BCUT2D eigenvalue weighted by Gasteiger charge is 2.32. The molecule has 1 aromatic carbocycles. The van der Waals surface area contributed by atoms with Gasteiger partial charge < -0.3 is 10.1 Å². The molecule has 0 bridgehead atoms. The van der Waals surface area contributed by atoms with Gasteiger partial charge in [0.15, 0.2) is 11.0 Å². The number of aryl methyl sites for hydroxylation is 1. The molecule has 0 radical (unpaired) electrons. The van der Waals surface area contributed by atoms with E-state index in [1.54, 1.807) is 16.8 Å². The third-order valence-electron chi connectivity index (χ3n) is 4.54. The molecule has 1 aliphatic heterocycles. The maximum atomic E-state index is 12.4. The standard InChI is InChI=1S/C20H16ClN5O2/c1-3-10-28-14-6-4-13(5-7-14)15-11-18(27)22-20-19(15)12(2)25-26(20)17-9-8-16(21)23-24-17/h1,4-9,15H,10-11H2,2H3,(H,22,27)/t15-/m0/s1. The molecule has 3 heterocycles. The van der Waals surface area contributed by atoms with Crippen molar-refractivity contribution in [3.05, 3.63) is 58.4 Å². The number of hydrogen-bond donors (Lipinski definition) is 1. The summed E-state index contributed by atoms with van der Waals surface area (Å²) in [7, 11) is 0. The summed E-state index contributed by atoms with van der Waals surface area (Å²) in [6.07, 6.45) is 5.55. The number of ether oxygens (including phenoxy) is 1. The molecule has 2 aromatic heterocycles. The quantitative estimate of drug-likeness (QED) is 0.689. The first kappa shape index (κ1) is 18.0. The molecular formula is C20H16ClN5O2. The number of rotatable bonds is 4. The Kier molecular flexibility index (Phi) is 4.72. The fourth-order valence-electron chi connectivity index (χ4n) is 3.34. The second kappa shape index (κ2) is 7.33. The normalized spacial score (nSPS) is 15.5. The minimum Gasteiger partial charge on any atom is -0.481 e. The van der Waals surface area contributed by atoms with Gasteiger partial charge in [-0.1, -0.05) is 29.7 Å². The van der Waals surface area contributed by atoms with Crippen LogP contribution < -0.4 is 10.1 Å². The molecule has 0 unspecified atom stereocenters. The van der Waals surface area contributed by atoms with Gasteiger partial charge >= 0.3 is 0 Å². The van der Waals surface area contributed by atoms with E-state index in [-0.39, 0.29) is 23.6 Å². The monoisotopic (exact) mass is 393 g/mol. The van der Waals surface area contributed by atoms with E-state index in [9.17, 15) is 4.79 Å². The van der Waals surface area contributed by atoms with Gasteiger partial charge in [-0.15, -0.1) is 16.6 Å². The number of aromatic nitrogens is 4. The number of nitrogens with zero attached hydrogens (tertiary/aromatic N) is 4. The van der Waals surface area contributed by atoms with Crippen LogP contribution in [0.2, 0.25) is 5.15 Å². The molecule has 1 N–H and O–H groups in total. The predicted molar refractivity (Wildman–Crippen MR) is 105 cm³/mol. The van der Waals surface area contributed by atoms with E-state index in [2.05, 4.69) is 26.5 Å². The van der Waals surface area contributed by atoms with Crippen molar-refractivity contribution in [1.82, 2.24) is 20.0 Å². The number of anilines is 1. The molecule has 0 saturated carbocycles. The van der Waals surface area contributed by atoms with E-state index in [1.807, 2.05) is 31.2 Å². The number of hydrogen-bond acceptors (Lipinski definition) is 5. The van der Waals surface area contributed by atoms with E-state index in [0.29, 0.717) is 23.8 Å². The van der Waals surface area contributed by atoms with Crippen molar-refractivity contribution in [2.24, 2.45) is 0 Å². The SMILES string of the molecule is C#CCOc1ccc([C@@H]2CC(=O)Nc3c2c(C)nn3-c2ccc(Cl)nn2)cc1. The number of amides is 1. The Morgan fingerprint density at radius 3 is 2.75 bits per heavy atom. The molecule has 0 fully saturated rings. The number of fused-ring (bicyclic) bond motifs is 1. The maximum Gasteiger partial charge on any atom is 0.226 e. The first-order valence-corrected chi connectivity index (χ1v) is 9.00. The number of nitrogens with one attached hydrogen (secondary N) is 1. The molecule has 0 spiro atoms. The van der Waals surface area contributed by atoms with Crippen LogP contribution in [-0.2, 0) is 4.79 Å². The van der Waals surface area contributed by atoms with E-state index in [4.69, 9.17) is 22.8 Å². The number of terminal acetylenes is 1. The molecule has 4 rings (SSSR count). The zero-order valence-corrected chi connectivity index (χ0v) is 15.8. The maximum absolute atomic E-state index is 12.4. The van der Waals surface area contributed by atoms with Crippen LogP contribution in [0.4, 0.5) is 5.82 Å². The summed E-state index contributed by atoms with van der Waals surface area (Å²) in [5.74, 6) is 3.99. The Hall–Kier alpha value is -3.37. The van der Waals surface area contributed by atoms with Gasteiger partial charge in [0.2, 0.25) is 5.91 Å². The van der Waals surface area contributed by atoms with Crippen LogP contribution in [0.5, 0.6) is 5.75 Å². The molecule has 28 heavy (non-hydrogen) atoms. The van der Waals surface area contributed by atoms with Gasteiger partial charge in [-0.05, 0) is 36.8 Å². The summed E-state index contributed by atoms with van der Waals surface area (Å²) >= 11 is 5.82. The lowest BCUT2D eigenvalue weighted by Gasteiger charge is -2.24. The zero-order chi connectivity index (χ0) is 19.7. The highest BCUT2D eigenvalue weighted by Crippen LogP contribution is 2.40. The molecular weight excluding hydrogens is 378 g/mol. The highest BCUT2D eigenvalue weighted by molar-refractivity contribution is 6.29. The molecule has 7 nitrogen and oxygen atoms in total. The number of carbonyl (C=O) groups is 1. The van der Waals surface area contributed by atoms with Crippen LogP contribution in [0.15, 0.2) is 36.4 Å². The van der Waals surface area contributed by atoms with Crippen LogP contribution in [0.25, 0.3) is 5.82 Å². The average molecular weight is 394 g/mol. The Bertz CT molecular complexity index is 1070. The summed E-state index contributed by atoms with van der Waals surface area (Å²) in [6.45, 7) is 2.12. The minimum absolute atomic E-state index is 0.0896. The van der Waals surface area contributed by atoms with E-state index in [0.717, 1.165) is 16.8 Å². The molecule has 1 atom stereocenters. The summed E-state index contributed by atoms with van der Waals surface area (Å²) in [5.41, 5.74) is 2.76. The molecule has 3 aromatic rings. The lowest BCUT2D eigenvalue weighted by molar-refractivity contribution is -0.116. The molecule has 1 aliphatic rings. The predicted octanol–water partition coefficient (Wildman–Crippen LogP) is 3.11. The fourth-order valence-corrected chi connectivity index (χ4v) is 3.44. The van der Waals surface area contributed by atoms with E-state index in [1.165, 1.54) is 0 Å². The second-order valence-electron chi connectivity index (χ2n) is 6.34. The molecule has 0 saturated heterocycles. The molecule has 0 aliphatic carbocycles. The third-order valence-corrected chi connectivity index (χ3v) is 4.74. The fraction of sp³-hybridized carbons (Fsp3) is 0.200. The third kappa shape index (κ3) is 3.30. The Morgan fingerprint density at radius 1 is 1.29 bits per heavy atom. The zero-order valence-electron chi connectivity index (χ0n) is 15.0. The van der Waals surface area contributed by atoms with Gasteiger partial charge in [0.25, 0.3) is 0 Å². The molecule has 1 amide bonds. The van der Waals surface area contributed by atoms with Gasteiger partial charge in [0, 0.05) is 17.9 Å². The summed E-state index contributed by atoms with van der Waals surface area (Å²) in [4.78, 5) is 12.4. The van der Waals surface area contributed by atoms with E-state index < -0.39 is 0 Å². The van der Waals surface area contributed by atoms with E-state index >= 15 is 0 Å². The molecule has 140 valence electrons. The van der Waals surface area contributed by atoms with Gasteiger partial charge in [0.05, 0.1) is 5.69 Å². The summed E-state index contributed by atoms with van der Waals surface area (Å²) in [5, 5.41) is 15.7. The first-order chi connectivity index (χ1) is 13.6. The molecule has 8 heteroatoms. The van der Waals surface area contributed by atoms with Crippen LogP contribution >= 0.6 is 11.6 Å². The lowest BCUT2D eigenvalue weighted by atomic mass is 9.86. The van der Waals surface area contributed by atoms with Crippen LogP contribution in [0, 0.1) is 19.3 Å². The van der Waals surface area contributed by atoms with Crippen molar-refractivity contribution < 1.29 is 9.53 Å². The number of carbonyl (C=O) groups excluding carboxylic acids is 1. The van der Waals surface area contributed by atoms with Crippen LogP contribution in [0.3, 0.4) is 0 Å². The van der Waals surface area contributed by atoms with Crippen molar-refractivity contribution in [3.8, 4) is 23.9 Å². The number of halogens is 1. The average Bonchev–Trinajstić information content (AvgIpc) is 3.03. The highest BCUT2D eigenvalue weighted by atomic mass is 35.5. The topological polar surface area (TPSA) is 81.9 Å². The Morgan fingerprint density at radius 2 is 2.07 bits per heavy atom. The smallest absolute Gasteiger partial charge is 0.226 e. The largest absolute Gasteiger partial charge is 0.481 e. The summed E-state index contributed by atoms with van der Waals surface area (Å²) in [6, 6.07) is 10.9. The van der Waals surface area contributed by atoms with Crippen molar-refractivity contribution in [3.63, 3.8) is 0 Å². The minimum atomic E-state index is -0.126. The van der Waals surface area contributed by atoms with Crippen molar-refractivity contribution in [1.29, 1.82) is 0 Å². The van der Waals surface area contributed by atoms with Gasteiger partial charge in [-0.25, -0.2) is 0 Å². The summed E-state index contributed by atoms with van der Waals surface area (Å²) < 4.78 is 7.01. The Labute approximate surface area is 166 Å². The first-order valence-electron chi connectivity index (χ1n) is 8.62. The number of benzene rings is 1.